The second kappa shape index (κ2) is 6.83. The van der Waals surface area contributed by atoms with E-state index in [0.29, 0.717) is 6.42 Å². The molecule has 0 aliphatic rings. The van der Waals surface area contributed by atoms with Gasteiger partial charge in [-0.25, -0.2) is 0 Å². The Bertz CT molecular complexity index is 776. The summed E-state index contributed by atoms with van der Waals surface area (Å²) in [7, 11) is 1.91. The van der Waals surface area contributed by atoms with E-state index < -0.39 is 0 Å². The number of anilines is 1. The molecular formula is C17H18N6. The molecule has 23 heavy (non-hydrogen) atoms. The van der Waals surface area contributed by atoms with Crippen LogP contribution in [0.2, 0.25) is 0 Å². The molecule has 0 radical (unpaired) electrons. The van der Waals surface area contributed by atoms with Gasteiger partial charge in [0.05, 0.1) is 11.4 Å². The van der Waals surface area contributed by atoms with Gasteiger partial charge in [0.25, 0.3) is 0 Å². The summed E-state index contributed by atoms with van der Waals surface area (Å²) in [5.41, 5.74) is 3.18. The van der Waals surface area contributed by atoms with Crippen LogP contribution in [-0.4, -0.2) is 33.5 Å². The van der Waals surface area contributed by atoms with E-state index in [9.17, 15) is 0 Å². The topological polar surface area (TPSA) is 59.2 Å². The van der Waals surface area contributed by atoms with Crippen LogP contribution in [0.5, 0.6) is 0 Å². The zero-order valence-electron chi connectivity index (χ0n) is 13.2. The number of hydrogen-bond acceptors (Lipinski definition) is 5. The zero-order valence-corrected chi connectivity index (χ0v) is 13.2. The Morgan fingerprint density at radius 1 is 1.09 bits per heavy atom. The Hall–Kier alpha value is -3.02. The molecule has 0 spiro atoms. The molecule has 0 aliphatic heterocycles. The molecule has 0 aliphatic carbocycles. The van der Waals surface area contributed by atoms with E-state index in [2.05, 4.69) is 27.6 Å². The highest BCUT2D eigenvalue weighted by atomic mass is 15.5. The van der Waals surface area contributed by atoms with Crippen molar-refractivity contribution in [2.75, 3.05) is 12.1 Å². The van der Waals surface area contributed by atoms with Crippen molar-refractivity contribution in [1.82, 2.24) is 20.2 Å². The van der Waals surface area contributed by atoms with E-state index in [1.165, 1.54) is 5.56 Å². The summed E-state index contributed by atoms with van der Waals surface area (Å²) in [5, 5.41) is 18.1. The number of hydrazone groups is 1. The third kappa shape index (κ3) is 3.60. The molecule has 0 bridgehead atoms. The van der Waals surface area contributed by atoms with Gasteiger partial charge in [0.2, 0.25) is 0 Å². The standard InChI is InChI=1S/C17H18N6/c1-14-8-10-16(11-9-14)23-17(19-20-21-23)12-13-18-22(2)15-6-4-3-5-7-15/h3-11,13H,12H2,1-2H3/b18-13-. The summed E-state index contributed by atoms with van der Waals surface area (Å²) < 4.78 is 1.73. The molecule has 2 aromatic carbocycles. The summed E-state index contributed by atoms with van der Waals surface area (Å²) in [6.07, 6.45) is 2.36. The van der Waals surface area contributed by atoms with Crippen LogP contribution in [0.4, 0.5) is 5.69 Å². The van der Waals surface area contributed by atoms with Crippen molar-refractivity contribution in [1.29, 1.82) is 0 Å². The van der Waals surface area contributed by atoms with Crippen LogP contribution in [0.1, 0.15) is 11.4 Å². The third-order valence-corrected chi connectivity index (χ3v) is 3.47. The Morgan fingerprint density at radius 2 is 1.83 bits per heavy atom. The smallest absolute Gasteiger partial charge is 0.162 e. The van der Waals surface area contributed by atoms with Crippen LogP contribution in [0.15, 0.2) is 59.7 Å². The maximum Gasteiger partial charge on any atom is 0.162 e. The molecule has 0 fully saturated rings. The molecule has 116 valence electrons. The molecule has 0 atom stereocenters. The first kappa shape index (κ1) is 14.9. The predicted molar refractivity (Wildman–Crippen MR) is 90.9 cm³/mol. The summed E-state index contributed by atoms with van der Waals surface area (Å²) in [5.74, 6) is 0.749. The first-order chi connectivity index (χ1) is 11.2. The number of tetrazole rings is 1. The van der Waals surface area contributed by atoms with E-state index in [1.807, 2.05) is 72.9 Å². The van der Waals surface area contributed by atoms with Crippen LogP contribution in [0.25, 0.3) is 5.69 Å². The van der Waals surface area contributed by atoms with Gasteiger partial charge in [0, 0.05) is 19.7 Å². The molecule has 0 unspecified atom stereocenters. The molecule has 0 amide bonds. The number of para-hydroxylation sites is 1. The lowest BCUT2D eigenvalue weighted by Crippen LogP contribution is -2.10. The highest BCUT2D eigenvalue weighted by Crippen LogP contribution is 2.11. The highest BCUT2D eigenvalue weighted by Gasteiger charge is 2.06. The van der Waals surface area contributed by atoms with E-state index >= 15 is 0 Å². The van der Waals surface area contributed by atoms with E-state index in [1.54, 1.807) is 4.68 Å². The maximum atomic E-state index is 4.42. The fraction of sp³-hybridized carbons (Fsp3) is 0.176. The Kier molecular flexibility index (Phi) is 4.42. The molecule has 1 heterocycles. The maximum absolute atomic E-state index is 4.42. The molecule has 3 rings (SSSR count). The summed E-state index contributed by atoms with van der Waals surface area (Å²) in [6.45, 7) is 2.05. The monoisotopic (exact) mass is 306 g/mol. The largest absolute Gasteiger partial charge is 0.269 e. The minimum Gasteiger partial charge on any atom is -0.269 e. The predicted octanol–water partition coefficient (Wildman–Crippen LogP) is 2.64. The molecule has 0 N–H and O–H groups in total. The first-order valence-corrected chi connectivity index (χ1v) is 7.39. The van der Waals surface area contributed by atoms with Crippen LogP contribution in [-0.2, 0) is 6.42 Å². The molecule has 0 saturated heterocycles. The number of aromatic nitrogens is 4. The summed E-state index contributed by atoms with van der Waals surface area (Å²) in [4.78, 5) is 0. The number of benzene rings is 2. The van der Waals surface area contributed by atoms with Crippen molar-refractivity contribution < 1.29 is 0 Å². The van der Waals surface area contributed by atoms with Crippen molar-refractivity contribution in [3.8, 4) is 5.69 Å². The van der Waals surface area contributed by atoms with Crippen molar-refractivity contribution in [2.24, 2.45) is 5.10 Å². The van der Waals surface area contributed by atoms with Gasteiger partial charge < -0.3 is 0 Å². The SMILES string of the molecule is Cc1ccc(-n2nnnc2C/C=N\N(C)c2ccccc2)cc1. The normalized spacial score (nSPS) is 11.0. The van der Waals surface area contributed by atoms with Crippen molar-refractivity contribution in [3.63, 3.8) is 0 Å². The summed E-state index contributed by atoms with van der Waals surface area (Å²) >= 11 is 0. The Morgan fingerprint density at radius 3 is 2.57 bits per heavy atom. The van der Waals surface area contributed by atoms with Crippen molar-refractivity contribution in [2.45, 2.75) is 13.3 Å². The van der Waals surface area contributed by atoms with Gasteiger partial charge in [-0.1, -0.05) is 35.9 Å². The van der Waals surface area contributed by atoms with E-state index in [0.717, 1.165) is 17.2 Å². The Balaban J connectivity index is 1.71. The molecular weight excluding hydrogens is 288 g/mol. The minimum absolute atomic E-state index is 0.554. The van der Waals surface area contributed by atoms with Gasteiger partial charge in [0.1, 0.15) is 0 Å². The van der Waals surface area contributed by atoms with Crippen LogP contribution in [0, 0.1) is 6.92 Å². The van der Waals surface area contributed by atoms with Crippen molar-refractivity contribution >= 4 is 11.9 Å². The molecule has 6 nitrogen and oxygen atoms in total. The lowest BCUT2D eigenvalue weighted by atomic mass is 10.2. The van der Waals surface area contributed by atoms with Gasteiger partial charge in [-0.15, -0.1) is 5.10 Å². The van der Waals surface area contributed by atoms with Crippen LogP contribution < -0.4 is 5.01 Å². The highest BCUT2D eigenvalue weighted by molar-refractivity contribution is 5.62. The number of hydrogen-bond donors (Lipinski definition) is 0. The average Bonchev–Trinajstić information content (AvgIpc) is 3.05. The number of rotatable bonds is 5. The second-order valence-electron chi connectivity index (χ2n) is 5.20. The van der Waals surface area contributed by atoms with E-state index in [4.69, 9.17) is 0 Å². The fourth-order valence-electron chi connectivity index (χ4n) is 2.17. The Labute approximate surface area is 135 Å². The molecule has 0 saturated carbocycles. The molecule has 3 aromatic rings. The van der Waals surface area contributed by atoms with Gasteiger partial charge in [-0.2, -0.15) is 9.78 Å². The van der Waals surface area contributed by atoms with E-state index in [-0.39, 0.29) is 0 Å². The number of nitrogens with zero attached hydrogens (tertiary/aromatic N) is 6. The van der Waals surface area contributed by atoms with Gasteiger partial charge in [-0.3, -0.25) is 5.01 Å². The summed E-state index contributed by atoms with van der Waals surface area (Å²) in [6, 6.07) is 18.1. The molecule has 6 heteroatoms. The number of aryl methyl sites for hydroxylation is 1. The quantitative estimate of drug-likeness (QED) is 0.537. The van der Waals surface area contributed by atoms with Gasteiger partial charge in [0.15, 0.2) is 5.82 Å². The molecule has 1 aromatic heterocycles. The zero-order chi connectivity index (χ0) is 16.1. The van der Waals surface area contributed by atoms with Crippen LogP contribution in [0.3, 0.4) is 0 Å². The lowest BCUT2D eigenvalue weighted by Gasteiger charge is -2.12. The minimum atomic E-state index is 0.554. The third-order valence-electron chi connectivity index (χ3n) is 3.47. The fourth-order valence-corrected chi connectivity index (χ4v) is 2.17. The van der Waals surface area contributed by atoms with Crippen LogP contribution >= 0.6 is 0 Å². The van der Waals surface area contributed by atoms with Gasteiger partial charge in [-0.05, 0) is 41.6 Å². The first-order valence-electron chi connectivity index (χ1n) is 7.39. The van der Waals surface area contributed by atoms with Gasteiger partial charge >= 0.3 is 0 Å². The second-order valence-corrected chi connectivity index (χ2v) is 5.20. The van der Waals surface area contributed by atoms with Crippen molar-refractivity contribution in [3.05, 3.63) is 66.0 Å². The lowest BCUT2D eigenvalue weighted by molar-refractivity contribution is 0.775. The average molecular weight is 306 g/mol.